The van der Waals surface area contributed by atoms with Gasteiger partial charge in [0.05, 0.1) is 10.7 Å². The molecular weight excluding hydrogens is 294 g/mol. The summed E-state index contributed by atoms with van der Waals surface area (Å²) in [5.74, 6) is -1.17. The number of carbonyl (C=O) groups is 2. The third-order valence-electron chi connectivity index (χ3n) is 3.44. The topological polar surface area (TPSA) is 81.7 Å². The van der Waals surface area contributed by atoms with Crippen LogP contribution >= 0.6 is 11.6 Å². The van der Waals surface area contributed by atoms with E-state index in [2.05, 4.69) is 15.5 Å². The molecule has 0 spiro atoms. The van der Waals surface area contributed by atoms with E-state index in [0.29, 0.717) is 0 Å². The van der Waals surface area contributed by atoms with Crippen molar-refractivity contribution in [1.82, 2.24) is 10.2 Å². The molecule has 2 rings (SSSR count). The number of rotatable bonds is 3. The van der Waals surface area contributed by atoms with E-state index in [1.165, 1.54) is 12.1 Å². The lowest BCUT2D eigenvalue weighted by molar-refractivity contribution is 0.0698. The lowest BCUT2D eigenvalue weighted by Crippen LogP contribution is -2.47. The van der Waals surface area contributed by atoms with Crippen molar-refractivity contribution in [2.24, 2.45) is 0 Å². The summed E-state index contributed by atoms with van der Waals surface area (Å²) in [5.41, 5.74) is 0.0896. The molecule has 1 heterocycles. The van der Waals surface area contributed by atoms with Gasteiger partial charge in [-0.15, -0.1) is 0 Å². The zero-order valence-corrected chi connectivity index (χ0v) is 12.5. The van der Waals surface area contributed by atoms with Gasteiger partial charge < -0.3 is 20.6 Å². The summed E-state index contributed by atoms with van der Waals surface area (Å²) in [6.45, 7) is 1.81. The highest BCUT2D eigenvalue weighted by molar-refractivity contribution is 6.34. The molecule has 1 saturated heterocycles. The zero-order valence-electron chi connectivity index (χ0n) is 11.7. The first kappa shape index (κ1) is 15.6. The molecule has 0 aliphatic carbocycles. The minimum Gasteiger partial charge on any atom is -0.478 e. The molecular formula is C14H18ClN3O3. The third-order valence-corrected chi connectivity index (χ3v) is 3.75. The van der Waals surface area contributed by atoms with E-state index in [1.807, 2.05) is 7.05 Å². The van der Waals surface area contributed by atoms with Crippen LogP contribution in [0.4, 0.5) is 10.5 Å². The fraction of sp³-hybridized carbons (Fsp3) is 0.429. The van der Waals surface area contributed by atoms with Crippen LogP contribution < -0.4 is 10.6 Å². The summed E-state index contributed by atoms with van der Waals surface area (Å²) in [6.07, 6.45) is 1.94. The SMILES string of the molecule is CN1CCCC(NC(=O)Nc2cccc(Cl)c2C(=O)O)C1. The second-order valence-electron chi connectivity index (χ2n) is 5.17. The van der Waals surface area contributed by atoms with Gasteiger partial charge in [-0.05, 0) is 38.6 Å². The lowest BCUT2D eigenvalue weighted by Gasteiger charge is -2.30. The molecule has 114 valence electrons. The number of halogens is 1. The largest absolute Gasteiger partial charge is 0.478 e. The Bertz CT molecular complexity index is 550. The van der Waals surface area contributed by atoms with Gasteiger partial charge in [0.2, 0.25) is 0 Å². The van der Waals surface area contributed by atoms with E-state index < -0.39 is 12.0 Å². The first-order valence-electron chi connectivity index (χ1n) is 6.75. The molecule has 0 saturated carbocycles. The average molecular weight is 312 g/mol. The van der Waals surface area contributed by atoms with Crippen molar-refractivity contribution in [3.05, 3.63) is 28.8 Å². The van der Waals surface area contributed by atoms with Gasteiger partial charge >= 0.3 is 12.0 Å². The van der Waals surface area contributed by atoms with Crippen molar-refractivity contribution in [3.63, 3.8) is 0 Å². The number of likely N-dealkylation sites (N-methyl/N-ethyl adjacent to an activating group) is 1. The molecule has 1 aromatic rings. The van der Waals surface area contributed by atoms with Crippen molar-refractivity contribution in [1.29, 1.82) is 0 Å². The Morgan fingerprint density at radius 3 is 2.86 bits per heavy atom. The van der Waals surface area contributed by atoms with Crippen molar-refractivity contribution in [3.8, 4) is 0 Å². The van der Waals surface area contributed by atoms with Gasteiger partial charge in [-0.25, -0.2) is 9.59 Å². The van der Waals surface area contributed by atoms with Gasteiger partial charge in [0.25, 0.3) is 0 Å². The number of nitrogens with zero attached hydrogens (tertiary/aromatic N) is 1. The van der Waals surface area contributed by atoms with Crippen LogP contribution in [0.5, 0.6) is 0 Å². The van der Waals surface area contributed by atoms with Crippen molar-refractivity contribution in [2.45, 2.75) is 18.9 Å². The number of carbonyl (C=O) groups excluding carboxylic acids is 1. The van der Waals surface area contributed by atoms with Gasteiger partial charge in [0, 0.05) is 12.6 Å². The first-order chi connectivity index (χ1) is 9.97. The van der Waals surface area contributed by atoms with Crippen LogP contribution in [0, 0.1) is 0 Å². The summed E-state index contributed by atoms with van der Waals surface area (Å²) in [4.78, 5) is 25.3. The van der Waals surface area contributed by atoms with E-state index in [1.54, 1.807) is 6.07 Å². The first-order valence-corrected chi connectivity index (χ1v) is 7.13. The maximum Gasteiger partial charge on any atom is 0.339 e. The highest BCUT2D eigenvalue weighted by Gasteiger charge is 2.20. The molecule has 3 N–H and O–H groups in total. The predicted molar refractivity (Wildman–Crippen MR) is 81.1 cm³/mol. The molecule has 1 unspecified atom stereocenters. The quantitative estimate of drug-likeness (QED) is 0.799. The summed E-state index contributed by atoms with van der Waals surface area (Å²) in [5, 5.41) is 14.7. The van der Waals surface area contributed by atoms with Gasteiger partial charge in [-0.3, -0.25) is 0 Å². The number of hydrogen-bond donors (Lipinski definition) is 3. The maximum absolute atomic E-state index is 12.0. The van der Waals surface area contributed by atoms with Crippen LogP contribution in [-0.4, -0.2) is 48.2 Å². The van der Waals surface area contributed by atoms with Crippen LogP contribution in [-0.2, 0) is 0 Å². The molecule has 1 atom stereocenters. The molecule has 0 aromatic heterocycles. The molecule has 2 amide bonds. The predicted octanol–water partition coefficient (Wildman–Crippen LogP) is 2.25. The number of likely N-dealkylation sites (tertiary alicyclic amines) is 1. The third kappa shape index (κ3) is 4.09. The van der Waals surface area contributed by atoms with Crippen molar-refractivity contribution >= 4 is 29.3 Å². The number of benzene rings is 1. The van der Waals surface area contributed by atoms with Crippen LogP contribution in [0.25, 0.3) is 0 Å². The number of nitrogens with one attached hydrogen (secondary N) is 2. The van der Waals surface area contributed by atoms with E-state index in [4.69, 9.17) is 16.7 Å². The molecule has 21 heavy (non-hydrogen) atoms. The van der Waals surface area contributed by atoms with Crippen LogP contribution in [0.3, 0.4) is 0 Å². The Hall–Kier alpha value is -1.79. The number of urea groups is 1. The van der Waals surface area contributed by atoms with Gasteiger partial charge in [-0.1, -0.05) is 17.7 Å². The monoisotopic (exact) mass is 311 g/mol. The van der Waals surface area contributed by atoms with Crippen molar-refractivity contribution < 1.29 is 14.7 Å². The standard InChI is InChI=1S/C14H18ClN3O3/c1-18-7-3-4-9(8-18)16-14(21)17-11-6-2-5-10(15)12(11)13(19)20/h2,5-6,9H,3-4,7-8H2,1H3,(H,19,20)(H2,16,17,21). The molecule has 1 fully saturated rings. The number of amides is 2. The second kappa shape index (κ2) is 6.78. The zero-order chi connectivity index (χ0) is 15.4. The van der Waals surface area contributed by atoms with E-state index in [-0.39, 0.29) is 22.3 Å². The number of carboxylic acid groups (broad SMARTS) is 1. The smallest absolute Gasteiger partial charge is 0.339 e. The van der Waals surface area contributed by atoms with E-state index in [9.17, 15) is 9.59 Å². The number of carboxylic acids is 1. The van der Waals surface area contributed by atoms with Gasteiger partial charge in [-0.2, -0.15) is 0 Å². The molecule has 1 aliphatic rings. The molecule has 1 aliphatic heterocycles. The maximum atomic E-state index is 12.0. The summed E-state index contributed by atoms with van der Waals surface area (Å²) < 4.78 is 0. The second-order valence-corrected chi connectivity index (χ2v) is 5.57. The average Bonchev–Trinajstić information content (AvgIpc) is 2.37. The number of hydrogen-bond acceptors (Lipinski definition) is 3. The van der Waals surface area contributed by atoms with Crippen molar-refractivity contribution in [2.75, 3.05) is 25.5 Å². The number of aromatic carboxylic acids is 1. The minimum absolute atomic E-state index is 0.0659. The highest BCUT2D eigenvalue weighted by atomic mass is 35.5. The lowest BCUT2D eigenvalue weighted by atomic mass is 10.1. The van der Waals surface area contributed by atoms with Gasteiger partial charge in [0.15, 0.2) is 0 Å². The fourth-order valence-corrected chi connectivity index (χ4v) is 2.73. The van der Waals surface area contributed by atoms with Crippen LogP contribution in [0.2, 0.25) is 5.02 Å². The number of anilines is 1. The fourth-order valence-electron chi connectivity index (χ4n) is 2.47. The summed E-state index contributed by atoms with van der Waals surface area (Å²) in [7, 11) is 2.01. The normalized spacial score (nSPS) is 19.0. The summed E-state index contributed by atoms with van der Waals surface area (Å²) >= 11 is 5.86. The Morgan fingerprint density at radius 2 is 2.19 bits per heavy atom. The summed E-state index contributed by atoms with van der Waals surface area (Å²) in [6, 6.07) is 4.24. The molecule has 7 heteroatoms. The van der Waals surface area contributed by atoms with Crippen LogP contribution in [0.1, 0.15) is 23.2 Å². The highest BCUT2D eigenvalue weighted by Crippen LogP contribution is 2.24. The van der Waals surface area contributed by atoms with Crippen LogP contribution in [0.15, 0.2) is 18.2 Å². The minimum atomic E-state index is -1.17. The Morgan fingerprint density at radius 1 is 1.43 bits per heavy atom. The van der Waals surface area contributed by atoms with Gasteiger partial charge in [0.1, 0.15) is 5.56 Å². The van der Waals surface area contributed by atoms with E-state index in [0.717, 1.165) is 25.9 Å². The Labute approximate surface area is 128 Å². The molecule has 6 nitrogen and oxygen atoms in total. The molecule has 0 bridgehead atoms. The Balaban J connectivity index is 2.03. The molecule has 1 aromatic carbocycles. The molecule has 0 radical (unpaired) electrons. The van der Waals surface area contributed by atoms with E-state index >= 15 is 0 Å². The Kier molecular flexibility index (Phi) is 5.03. The number of piperidine rings is 1.